The van der Waals surface area contributed by atoms with Gasteiger partial charge in [-0.1, -0.05) is 32.8 Å². The van der Waals surface area contributed by atoms with Gasteiger partial charge in [0.05, 0.1) is 5.57 Å². The molecule has 1 aromatic carbocycles. The van der Waals surface area contributed by atoms with Crippen molar-refractivity contribution in [1.29, 1.82) is 5.26 Å². The maximum absolute atomic E-state index is 9.34. The topological polar surface area (TPSA) is 85.1 Å². The standard InChI is InChI=1S/C15H19N3O/c1-3-4-9(2)14-11-6-5-10(17)7-13(11)19-15(18)12(14)8-16/h5-7,9,14H,3-4,17-18H2,1-2H3/t9-,14+/m1/s1. The summed E-state index contributed by atoms with van der Waals surface area (Å²) in [5.41, 5.74) is 13.8. The lowest BCUT2D eigenvalue weighted by molar-refractivity contribution is 0.359. The summed E-state index contributed by atoms with van der Waals surface area (Å²) in [7, 11) is 0. The number of benzene rings is 1. The summed E-state index contributed by atoms with van der Waals surface area (Å²) in [5.74, 6) is 1.21. The Morgan fingerprint density at radius 3 is 2.79 bits per heavy atom. The Morgan fingerprint density at radius 1 is 1.42 bits per heavy atom. The van der Waals surface area contributed by atoms with Crippen LogP contribution in [0.15, 0.2) is 29.7 Å². The van der Waals surface area contributed by atoms with E-state index in [1.165, 1.54) is 0 Å². The summed E-state index contributed by atoms with van der Waals surface area (Å²) in [6.07, 6.45) is 2.11. The number of anilines is 1. The molecule has 0 aromatic heterocycles. The van der Waals surface area contributed by atoms with Crippen molar-refractivity contribution < 1.29 is 4.74 Å². The Kier molecular flexibility index (Phi) is 3.66. The Morgan fingerprint density at radius 2 is 2.16 bits per heavy atom. The highest BCUT2D eigenvalue weighted by Gasteiger charge is 2.32. The molecule has 4 nitrogen and oxygen atoms in total. The summed E-state index contributed by atoms with van der Waals surface area (Å²) >= 11 is 0. The molecule has 0 fully saturated rings. The Balaban J connectivity index is 2.52. The van der Waals surface area contributed by atoms with Crippen molar-refractivity contribution in [3.63, 3.8) is 0 Å². The minimum absolute atomic E-state index is 0.00528. The molecule has 0 amide bonds. The van der Waals surface area contributed by atoms with Gasteiger partial charge in [0.25, 0.3) is 0 Å². The fraction of sp³-hybridized carbons (Fsp3) is 0.400. The largest absolute Gasteiger partial charge is 0.440 e. The van der Waals surface area contributed by atoms with Gasteiger partial charge in [-0.3, -0.25) is 0 Å². The third kappa shape index (κ3) is 2.37. The van der Waals surface area contributed by atoms with E-state index in [9.17, 15) is 5.26 Å². The van der Waals surface area contributed by atoms with Crippen LogP contribution in [0.2, 0.25) is 0 Å². The summed E-state index contributed by atoms with van der Waals surface area (Å²) in [6.45, 7) is 4.28. The number of nitrogens with two attached hydrogens (primary N) is 2. The molecule has 4 N–H and O–H groups in total. The van der Waals surface area contributed by atoms with E-state index in [1.807, 2.05) is 12.1 Å². The number of hydrogen-bond acceptors (Lipinski definition) is 4. The highest BCUT2D eigenvalue weighted by molar-refractivity contribution is 5.56. The SMILES string of the molecule is CCC[C@@H](C)[C@@H]1C(C#N)=C(N)Oc2cc(N)ccc21. The molecule has 1 aliphatic rings. The van der Waals surface area contributed by atoms with Crippen LogP contribution in [-0.4, -0.2) is 0 Å². The van der Waals surface area contributed by atoms with Crippen LogP contribution in [0.3, 0.4) is 0 Å². The summed E-state index contributed by atoms with van der Waals surface area (Å²) < 4.78 is 5.53. The van der Waals surface area contributed by atoms with E-state index < -0.39 is 0 Å². The second-order valence-electron chi connectivity index (χ2n) is 5.03. The summed E-state index contributed by atoms with van der Waals surface area (Å²) in [5, 5.41) is 9.34. The highest BCUT2D eigenvalue weighted by atomic mass is 16.5. The number of rotatable bonds is 3. The molecular weight excluding hydrogens is 238 g/mol. The fourth-order valence-electron chi connectivity index (χ4n) is 2.72. The zero-order valence-corrected chi connectivity index (χ0v) is 11.3. The van der Waals surface area contributed by atoms with Crippen LogP contribution in [-0.2, 0) is 0 Å². The Hall–Kier alpha value is -2.15. The molecule has 0 saturated heterocycles. The van der Waals surface area contributed by atoms with Gasteiger partial charge >= 0.3 is 0 Å². The van der Waals surface area contributed by atoms with E-state index in [0.29, 0.717) is 22.9 Å². The highest BCUT2D eigenvalue weighted by Crippen LogP contribution is 2.43. The zero-order valence-electron chi connectivity index (χ0n) is 11.3. The van der Waals surface area contributed by atoms with Crippen LogP contribution in [0.25, 0.3) is 0 Å². The maximum atomic E-state index is 9.34. The second kappa shape index (κ2) is 5.23. The number of fused-ring (bicyclic) bond motifs is 1. The number of ether oxygens (including phenoxy) is 1. The molecule has 2 rings (SSSR count). The van der Waals surface area contributed by atoms with Crippen LogP contribution in [0, 0.1) is 17.2 Å². The van der Waals surface area contributed by atoms with Gasteiger partial charge in [-0.05, 0) is 12.0 Å². The number of nitrogens with zero attached hydrogens (tertiary/aromatic N) is 1. The summed E-state index contributed by atoms with van der Waals surface area (Å²) in [6, 6.07) is 7.74. The van der Waals surface area contributed by atoms with Gasteiger partial charge in [0.15, 0.2) is 0 Å². The molecule has 0 aliphatic carbocycles. The molecule has 0 unspecified atom stereocenters. The number of nitriles is 1. The van der Waals surface area contributed by atoms with Gasteiger partial charge in [0, 0.05) is 23.2 Å². The molecule has 1 heterocycles. The maximum Gasteiger partial charge on any atom is 0.205 e. The average Bonchev–Trinajstić information content (AvgIpc) is 2.37. The molecule has 2 atom stereocenters. The smallest absolute Gasteiger partial charge is 0.205 e. The van der Waals surface area contributed by atoms with Crippen LogP contribution in [0.4, 0.5) is 5.69 Å². The van der Waals surface area contributed by atoms with Gasteiger partial charge in [-0.15, -0.1) is 0 Å². The van der Waals surface area contributed by atoms with Gasteiger partial charge in [0.1, 0.15) is 11.8 Å². The first-order valence-corrected chi connectivity index (χ1v) is 6.55. The lowest BCUT2D eigenvalue weighted by Crippen LogP contribution is -2.24. The molecule has 4 heteroatoms. The normalized spacial score (nSPS) is 19.3. The van der Waals surface area contributed by atoms with E-state index in [1.54, 1.807) is 6.07 Å². The molecule has 0 bridgehead atoms. The quantitative estimate of drug-likeness (QED) is 0.815. The van der Waals surface area contributed by atoms with Crippen molar-refractivity contribution in [2.45, 2.75) is 32.6 Å². The summed E-state index contributed by atoms with van der Waals surface area (Å²) in [4.78, 5) is 0. The molecular formula is C15H19N3O. The first-order chi connectivity index (χ1) is 9.08. The Labute approximate surface area is 113 Å². The average molecular weight is 257 g/mol. The van der Waals surface area contributed by atoms with Crippen LogP contribution >= 0.6 is 0 Å². The van der Waals surface area contributed by atoms with Crippen LogP contribution in [0.1, 0.15) is 38.2 Å². The van der Waals surface area contributed by atoms with E-state index >= 15 is 0 Å². The van der Waals surface area contributed by atoms with E-state index in [0.717, 1.165) is 18.4 Å². The lowest BCUT2D eigenvalue weighted by atomic mass is 9.78. The first kappa shape index (κ1) is 13.3. The van der Waals surface area contributed by atoms with E-state index in [2.05, 4.69) is 19.9 Å². The predicted molar refractivity (Wildman–Crippen MR) is 75.1 cm³/mol. The minimum Gasteiger partial charge on any atom is -0.440 e. The van der Waals surface area contributed by atoms with Crippen LogP contribution in [0.5, 0.6) is 5.75 Å². The third-order valence-electron chi connectivity index (χ3n) is 3.60. The van der Waals surface area contributed by atoms with Crippen molar-refractivity contribution in [3.8, 4) is 11.8 Å². The Bertz CT molecular complexity index is 557. The van der Waals surface area contributed by atoms with Crippen molar-refractivity contribution in [1.82, 2.24) is 0 Å². The van der Waals surface area contributed by atoms with Crippen molar-refractivity contribution in [2.75, 3.05) is 5.73 Å². The number of hydrogen-bond donors (Lipinski definition) is 2. The van der Waals surface area contributed by atoms with Crippen molar-refractivity contribution in [3.05, 3.63) is 35.2 Å². The van der Waals surface area contributed by atoms with Crippen molar-refractivity contribution >= 4 is 5.69 Å². The number of allylic oxidation sites excluding steroid dienone is 1. The van der Waals surface area contributed by atoms with Gasteiger partial charge < -0.3 is 16.2 Å². The second-order valence-corrected chi connectivity index (χ2v) is 5.03. The fourth-order valence-corrected chi connectivity index (χ4v) is 2.72. The van der Waals surface area contributed by atoms with Crippen molar-refractivity contribution in [2.24, 2.45) is 11.7 Å². The van der Waals surface area contributed by atoms with Gasteiger partial charge in [-0.25, -0.2) is 0 Å². The molecule has 100 valence electrons. The predicted octanol–water partition coefficient (Wildman–Crippen LogP) is 2.87. The third-order valence-corrected chi connectivity index (χ3v) is 3.60. The molecule has 19 heavy (non-hydrogen) atoms. The lowest BCUT2D eigenvalue weighted by Gasteiger charge is -2.30. The van der Waals surface area contributed by atoms with Gasteiger partial charge in [0.2, 0.25) is 5.88 Å². The van der Waals surface area contributed by atoms with Gasteiger partial charge in [-0.2, -0.15) is 5.26 Å². The molecule has 1 aliphatic heterocycles. The molecule has 0 saturated carbocycles. The monoisotopic (exact) mass is 257 g/mol. The molecule has 0 spiro atoms. The van der Waals surface area contributed by atoms with E-state index in [4.69, 9.17) is 16.2 Å². The zero-order chi connectivity index (χ0) is 14.0. The molecule has 1 aromatic rings. The first-order valence-electron chi connectivity index (χ1n) is 6.55. The van der Waals surface area contributed by atoms with E-state index in [-0.39, 0.29) is 11.8 Å². The molecule has 0 radical (unpaired) electrons. The number of nitrogen functional groups attached to an aromatic ring is 1. The van der Waals surface area contributed by atoms with Crippen LogP contribution < -0.4 is 16.2 Å². The minimum atomic E-state index is -0.00528.